The van der Waals surface area contributed by atoms with Gasteiger partial charge in [-0.3, -0.25) is 0 Å². The fourth-order valence-corrected chi connectivity index (χ4v) is 1.85. The fourth-order valence-electron chi connectivity index (χ4n) is 1.85. The summed E-state index contributed by atoms with van der Waals surface area (Å²) in [7, 11) is 3.59. The number of rotatable bonds is 5. The molecular formula is C11H23BO4. The molecule has 1 fully saturated rings. The monoisotopic (exact) mass is 230 g/mol. The van der Waals surface area contributed by atoms with Gasteiger partial charge in [0, 0.05) is 7.11 Å². The van der Waals surface area contributed by atoms with Crippen molar-refractivity contribution in [2.45, 2.75) is 57.1 Å². The SMILES string of the molecule is B[C@@H]1O[C@H](CC)C(O)[C@@H]1OCC(C)(C)OC. The zero-order chi connectivity index (χ0) is 12.3. The van der Waals surface area contributed by atoms with E-state index in [1.54, 1.807) is 7.11 Å². The van der Waals surface area contributed by atoms with Crippen molar-refractivity contribution in [1.29, 1.82) is 0 Å². The number of hydrogen-bond donors (Lipinski definition) is 1. The van der Waals surface area contributed by atoms with Gasteiger partial charge in [0.15, 0.2) is 0 Å². The van der Waals surface area contributed by atoms with E-state index < -0.39 is 6.10 Å². The highest BCUT2D eigenvalue weighted by molar-refractivity contribution is 6.11. The number of aliphatic hydroxyl groups excluding tert-OH is 1. The number of methoxy groups -OCH3 is 1. The van der Waals surface area contributed by atoms with Crippen LogP contribution in [0.1, 0.15) is 27.2 Å². The Bertz CT molecular complexity index is 222. The van der Waals surface area contributed by atoms with Crippen molar-refractivity contribution >= 4 is 7.85 Å². The maximum Gasteiger partial charge on any atom is 0.142 e. The van der Waals surface area contributed by atoms with Crippen LogP contribution in [0, 0.1) is 0 Å². The van der Waals surface area contributed by atoms with Gasteiger partial charge in [-0.05, 0) is 20.3 Å². The first-order chi connectivity index (χ1) is 7.41. The highest BCUT2D eigenvalue weighted by atomic mass is 16.6. The Morgan fingerprint density at radius 2 is 2.06 bits per heavy atom. The van der Waals surface area contributed by atoms with Crippen LogP contribution in [0.2, 0.25) is 0 Å². The Balaban J connectivity index is 2.48. The molecule has 4 atom stereocenters. The first-order valence-corrected chi connectivity index (χ1v) is 5.91. The van der Waals surface area contributed by atoms with Crippen LogP contribution in [-0.4, -0.2) is 56.6 Å². The van der Waals surface area contributed by atoms with E-state index in [0.717, 1.165) is 6.42 Å². The van der Waals surface area contributed by atoms with Gasteiger partial charge in [-0.1, -0.05) is 6.92 Å². The van der Waals surface area contributed by atoms with E-state index in [0.29, 0.717) is 6.61 Å². The second-order valence-corrected chi connectivity index (χ2v) is 5.02. The summed E-state index contributed by atoms with van der Waals surface area (Å²) in [6.45, 7) is 6.37. The Morgan fingerprint density at radius 3 is 2.50 bits per heavy atom. The Morgan fingerprint density at radius 1 is 1.44 bits per heavy atom. The van der Waals surface area contributed by atoms with Crippen LogP contribution < -0.4 is 0 Å². The van der Waals surface area contributed by atoms with Gasteiger partial charge < -0.3 is 19.3 Å². The lowest BCUT2D eigenvalue weighted by molar-refractivity contribution is -0.0981. The molecule has 0 radical (unpaired) electrons. The topological polar surface area (TPSA) is 47.9 Å². The maximum atomic E-state index is 10.00. The molecule has 5 heteroatoms. The van der Waals surface area contributed by atoms with E-state index in [2.05, 4.69) is 0 Å². The van der Waals surface area contributed by atoms with Crippen LogP contribution in [0.5, 0.6) is 0 Å². The molecule has 0 aliphatic carbocycles. The maximum absolute atomic E-state index is 10.00. The van der Waals surface area contributed by atoms with Crippen molar-refractivity contribution < 1.29 is 19.3 Å². The van der Waals surface area contributed by atoms with E-state index >= 15 is 0 Å². The van der Waals surface area contributed by atoms with E-state index in [9.17, 15) is 5.11 Å². The molecule has 0 spiro atoms. The summed E-state index contributed by atoms with van der Waals surface area (Å²) in [4.78, 5) is 0. The van der Waals surface area contributed by atoms with Gasteiger partial charge in [0.25, 0.3) is 0 Å². The summed E-state index contributed by atoms with van der Waals surface area (Å²) in [6, 6.07) is -0.0624. The van der Waals surface area contributed by atoms with Crippen LogP contribution in [0.4, 0.5) is 0 Å². The number of hydrogen-bond acceptors (Lipinski definition) is 4. The summed E-state index contributed by atoms with van der Waals surface area (Å²) in [5.41, 5.74) is -0.330. The van der Waals surface area contributed by atoms with Crippen molar-refractivity contribution in [3.63, 3.8) is 0 Å². The van der Waals surface area contributed by atoms with Gasteiger partial charge in [0.2, 0.25) is 0 Å². The first-order valence-electron chi connectivity index (χ1n) is 5.91. The molecule has 1 heterocycles. The zero-order valence-electron chi connectivity index (χ0n) is 10.9. The summed E-state index contributed by atoms with van der Waals surface area (Å²) in [5.74, 6) is 0. The lowest BCUT2D eigenvalue weighted by atomic mass is 9.92. The van der Waals surface area contributed by atoms with Crippen molar-refractivity contribution in [3.8, 4) is 0 Å². The normalized spacial score (nSPS) is 35.6. The molecule has 0 aromatic carbocycles. The molecule has 0 aromatic heterocycles. The molecule has 0 saturated carbocycles. The van der Waals surface area contributed by atoms with Crippen LogP contribution in [-0.2, 0) is 14.2 Å². The van der Waals surface area contributed by atoms with Crippen molar-refractivity contribution in [2.75, 3.05) is 13.7 Å². The zero-order valence-corrected chi connectivity index (χ0v) is 10.9. The van der Waals surface area contributed by atoms with Crippen LogP contribution >= 0.6 is 0 Å². The second-order valence-electron chi connectivity index (χ2n) is 5.02. The third kappa shape index (κ3) is 3.20. The van der Waals surface area contributed by atoms with E-state index in [4.69, 9.17) is 14.2 Å². The minimum Gasteiger partial charge on any atom is -0.388 e. The van der Waals surface area contributed by atoms with Gasteiger partial charge in [-0.15, -0.1) is 0 Å². The number of aliphatic hydroxyl groups is 1. The Kier molecular flexibility index (Phi) is 4.80. The molecule has 16 heavy (non-hydrogen) atoms. The van der Waals surface area contributed by atoms with E-state index in [1.165, 1.54) is 0 Å². The van der Waals surface area contributed by atoms with Crippen molar-refractivity contribution in [1.82, 2.24) is 0 Å². The predicted molar refractivity (Wildman–Crippen MR) is 64.3 cm³/mol. The third-order valence-corrected chi connectivity index (χ3v) is 3.15. The van der Waals surface area contributed by atoms with Gasteiger partial charge in [-0.2, -0.15) is 0 Å². The average Bonchev–Trinajstić information content (AvgIpc) is 2.51. The summed E-state index contributed by atoms with van der Waals surface area (Å²) in [6.07, 6.45) is -0.0864. The van der Waals surface area contributed by atoms with Crippen LogP contribution in [0.25, 0.3) is 0 Å². The lowest BCUT2D eigenvalue weighted by Crippen LogP contribution is -2.40. The van der Waals surface area contributed by atoms with Crippen molar-refractivity contribution in [2.24, 2.45) is 0 Å². The average molecular weight is 230 g/mol. The van der Waals surface area contributed by atoms with Gasteiger partial charge in [0.1, 0.15) is 20.1 Å². The Hall–Kier alpha value is -0.0951. The standard InChI is InChI=1S/C11H23BO4/c1-5-7-8(13)9(10(12)16-7)15-6-11(2,3)14-4/h7-10,13H,5-6,12H2,1-4H3/t7-,8?,9+,10-/m1/s1. The van der Waals surface area contributed by atoms with E-state index in [-0.39, 0.29) is 23.8 Å². The number of ether oxygens (including phenoxy) is 3. The Labute approximate surface area is 98.7 Å². The van der Waals surface area contributed by atoms with E-state index in [1.807, 2.05) is 28.6 Å². The quantitative estimate of drug-likeness (QED) is 0.671. The summed E-state index contributed by atoms with van der Waals surface area (Å²) >= 11 is 0. The predicted octanol–water partition coefficient (Wildman–Crippen LogP) is -0.0745. The molecule has 1 saturated heterocycles. The van der Waals surface area contributed by atoms with Gasteiger partial charge >= 0.3 is 0 Å². The van der Waals surface area contributed by atoms with Gasteiger partial charge in [0.05, 0.1) is 24.3 Å². The molecule has 0 bridgehead atoms. The highest BCUT2D eigenvalue weighted by Gasteiger charge is 2.41. The summed E-state index contributed by atoms with van der Waals surface area (Å²) in [5, 5.41) is 10.00. The minimum atomic E-state index is -0.535. The summed E-state index contributed by atoms with van der Waals surface area (Å²) < 4.78 is 16.6. The molecular weight excluding hydrogens is 207 g/mol. The molecule has 0 aromatic rings. The molecule has 1 unspecified atom stereocenters. The molecule has 94 valence electrons. The second kappa shape index (κ2) is 5.49. The fraction of sp³-hybridized carbons (Fsp3) is 1.00. The van der Waals surface area contributed by atoms with Gasteiger partial charge in [-0.25, -0.2) is 0 Å². The van der Waals surface area contributed by atoms with Crippen LogP contribution in [0.3, 0.4) is 0 Å². The third-order valence-electron chi connectivity index (χ3n) is 3.15. The minimum absolute atomic E-state index is 0.0624. The highest BCUT2D eigenvalue weighted by Crippen LogP contribution is 2.25. The molecule has 1 aliphatic heterocycles. The molecule has 0 amide bonds. The first kappa shape index (κ1) is 14.0. The van der Waals surface area contributed by atoms with Crippen molar-refractivity contribution in [3.05, 3.63) is 0 Å². The molecule has 1 rings (SSSR count). The largest absolute Gasteiger partial charge is 0.388 e. The lowest BCUT2D eigenvalue weighted by Gasteiger charge is -2.27. The molecule has 1 aliphatic rings. The van der Waals surface area contributed by atoms with Crippen LogP contribution in [0.15, 0.2) is 0 Å². The smallest absolute Gasteiger partial charge is 0.142 e. The molecule has 4 nitrogen and oxygen atoms in total. The molecule has 1 N–H and O–H groups in total.